The van der Waals surface area contributed by atoms with Crippen molar-refractivity contribution in [2.45, 2.75) is 19.4 Å². The molecule has 1 aliphatic heterocycles. The Bertz CT molecular complexity index is 444. The van der Waals surface area contributed by atoms with Crippen molar-refractivity contribution in [2.24, 2.45) is 0 Å². The van der Waals surface area contributed by atoms with Crippen LogP contribution in [0.1, 0.15) is 19.4 Å². The lowest BCUT2D eigenvalue weighted by Gasteiger charge is -2.32. The van der Waals surface area contributed by atoms with Gasteiger partial charge >= 0.3 is 13.2 Å². The molecule has 5 nitrogen and oxygen atoms in total. The van der Waals surface area contributed by atoms with Crippen LogP contribution in [0.2, 0.25) is 0 Å². The van der Waals surface area contributed by atoms with E-state index in [-0.39, 0.29) is 0 Å². The van der Waals surface area contributed by atoms with Gasteiger partial charge in [0.25, 0.3) is 0 Å². The maximum absolute atomic E-state index is 11.2. The largest absolute Gasteiger partial charge is 0.488 e. The van der Waals surface area contributed by atoms with Crippen molar-refractivity contribution in [1.82, 2.24) is 5.32 Å². The van der Waals surface area contributed by atoms with E-state index in [9.17, 15) is 4.79 Å². The predicted molar refractivity (Wildman–Crippen MR) is 58.5 cm³/mol. The minimum atomic E-state index is -1.53. The van der Waals surface area contributed by atoms with Crippen molar-refractivity contribution < 1.29 is 19.6 Å². The maximum Gasteiger partial charge on any atom is 0.488 e. The fourth-order valence-corrected chi connectivity index (χ4v) is 1.73. The van der Waals surface area contributed by atoms with Gasteiger partial charge < -0.3 is 20.1 Å². The molecule has 1 aromatic carbocycles. The molecular weight excluding hydrogens is 209 g/mol. The van der Waals surface area contributed by atoms with E-state index >= 15 is 0 Å². The highest BCUT2D eigenvalue weighted by Gasteiger charge is 2.33. The first kappa shape index (κ1) is 11.0. The fourth-order valence-electron chi connectivity index (χ4n) is 1.73. The van der Waals surface area contributed by atoms with Crippen molar-refractivity contribution in [1.29, 1.82) is 0 Å². The number of fused-ring (bicyclic) bond motifs is 1. The number of carbonyl (C=O) groups is 1. The smallest absolute Gasteiger partial charge is 0.423 e. The van der Waals surface area contributed by atoms with Gasteiger partial charge in [-0.1, -0.05) is 12.1 Å². The molecule has 0 radical (unpaired) electrons. The topological polar surface area (TPSA) is 78.8 Å². The second-order valence-electron chi connectivity index (χ2n) is 4.27. The Balaban J connectivity index is 2.52. The van der Waals surface area contributed by atoms with E-state index in [1.54, 1.807) is 12.1 Å². The summed E-state index contributed by atoms with van der Waals surface area (Å²) in [5.41, 5.74) is 0.500. The summed E-state index contributed by atoms with van der Waals surface area (Å²) >= 11 is 0. The molecule has 2 rings (SSSR count). The third-order valence-corrected chi connectivity index (χ3v) is 2.59. The fraction of sp³-hybridized carbons (Fsp3) is 0.300. The van der Waals surface area contributed by atoms with Crippen LogP contribution in [0.3, 0.4) is 0 Å². The Morgan fingerprint density at radius 2 is 2.06 bits per heavy atom. The summed E-state index contributed by atoms with van der Waals surface area (Å²) in [6.45, 7) is 3.64. The lowest BCUT2D eigenvalue weighted by atomic mass is 9.77. The molecule has 0 bridgehead atoms. The highest BCUT2D eigenvalue weighted by atomic mass is 16.6. The SMILES string of the molecule is CC1(C)NC(=O)Oc2ccc(B(O)O)cc21. The second kappa shape index (κ2) is 3.50. The summed E-state index contributed by atoms with van der Waals surface area (Å²) in [5, 5.41) is 20.8. The molecule has 0 atom stereocenters. The summed E-state index contributed by atoms with van der Waals surface area (Å²) in [7, 11) is -1.53. The first-order chi connectivity index (χ1) is 7.40. The van der Waals surface area contributed by atoms with Gasteiger partial charge in [-0.15, -0.1) is 0 Å². The number of ether oxygens (including phenoxy) is 1. The van der Waals surface area contributed by atoms with Crippen LogP contribution < -0.4 is 15.5 Å². The van der Waals surface area contributed by atoms with E-state index in [1.807, 2.05) is 13.8 Å². The van der Waals surface area contributed by atoms with Crippen LogP contribution >= 0.6 is 0 Å². The molecule has 6 heteroatoms. The van der Waals surface area contributed by atoms with Gasteiger partial charge in [0.15, 0.2) is 0 Å². The minimum Gasteiger partial charge on any atom is -0.423 e. The van der Waals surface area contributed by atoms with E-state index in [1.165, 1.54) is 6.07 Å². The zero-order valence-corrected chi connectivity index (χ0v) is 9.02. The van der Waals surface area contributed by atoms with Crippen LogP contribution in [0.4, 0.5) is 4.79 Å². The second-order valence-corrected chi connectivity index (χ2v) is 4.27. The standard InChI is InChI=1S/C10H12BNO4/c1-10(2)7-5-6(11(14)15)3-4-8(7)16-9(13)12-10/h3-5,14-15H,1-2H3,(H,12,13). The van der Waals surface area contributed by atoms with Crippen LogP contribution in [0, 0.1) is 0 Å². The number of hydrogen-bond donors (Lipinski definition) is 3. The number of nitrogens with one attached hydrogen (secondary N) is 1. The van der Waals surface area contributed by atoms with Gasteiger partial charge in [0, 0.05) is 5.56 Å². The zero-order chi connectivity index (χ0) is 11.9. The van der Waals surface area contributed by atoms with Gasteiger partial charge in [-0.2, -0.15) is 0 Å². The zero-order valence-electron chi connectivity index (χ0n) is 9.02. The van der Waals surface area contributed by atoms with E-state index in [2.05, 4.69) is 5.32 Å². The molecule has 1 heterocycles. The molecule has 0 saturated heterocycles. The molecule has 84 valence electrons. The first-order valence-electron chi connectivity index (χ1n) is 4.91. The lowest BCUT2D eigenvalue weighted by molar-refractivity contribution is 0.177. The molecule has 3 N–H and O–H groups in total. The van der Waals surface area contributed by atoms with Crippen molar-refractivity contribution in [3.8, 4) is 5.75 Å². The first-order valence-corrected chi connectivity index (χ1v) is 4.91. The number of benzene rings is 1. The molecule has 0 aromatic heterocycles. The molecule has 1 aliphatic rings. The summed E-state index contributed by atoms with van der Waals surface area (Å²) in [6, 6.07) is 4.68. The summed E-state index contributed by atoms with van der Waals surface area (Å²) in [5.74, 6) is 0.443. The van der Waals surface area contributed by atoms with E-state index < -0.39 is 18.8 Å². The molecule has 0 unspecified atom stereocenters. The van der Waals surface area contributed by atoms with Crippen LogP contribution in [-0.2, 0) is 5.54 Å². The number of carbonyl (C=O) groups excluding carboxylic acids is 1. The number of amides is 1. The Kier molecular flexibility index (Phi) is 2.40. The quantitative estimate of drug-likeness (QED) is 0.569. The Hall–Kier alpha value is -1.53. The van der Waals surface area contributed by atoms with Crippen molar-refractivity contribution in [3.63, 3.8) is 0 Å². The van der Waals surface area contributed by atoms with Gasteiger partial charge in [-0.05, 0) is 25.4 Å². The average molecular weight is 221 g/mol. The summed E-state index contributed by atoms with van der Waals surface area (Å²) < 4.78 is 4.99. The van der Waals surface area contributed by atoms with Gasteiger partial charge in [-0.25, -0.2) is 4.79 Å². The van der Waals surface area contributed by atoms with Crippen molar-refractivity contribution >= 4 is 18.7 Å². The van der Waals surface area contributed by atoms with Gasteiger partial charge in [0.05, 0.1) is 5.54 Å². The molecule has 0 spiro atoms. The Morgan fingerprint density at radius 3 is 2.69 bits per heavy atom. The Labute approximate surface area is 93.2 Å². The third kappa shape index (κ3) is 1.77. The number of rotatable bonds is 1. The average Bonchev–Trinajstić information content (AvgIpc) is 2.15. The molecule has 16 heavy (non-hydrogen) atoms. The predicted octanol–water partition coefficient (Wildman–Crippen LogP) is -0.297. The molecule has 1 amide bonds. The normalized spacial score (nSPS) is 17.1. The van der Waals surface area contributed by atoms with Crippen LogP contribution in [0.15, 0.2) is 18.2 Å². The Morgan fingerprint density at radius 1 is 1.38 bits per heavy atom. The maximum atomic E-state index is 11.2. The summed E-state index contributed by atoms with van der Waals surface area (Å²) in [6.07, 6.45) is -0.505. The van der Waals surface area contributed by atoms with E-state index in [4.69, 9.17) is 14.8 Å². The molecule has 0 fully saturated rings. The van der Waals surface area contributed by atoms with Gasteiger partial charge in [0.2, 0.25) is 0 Å². The molecular formula is C10H12BNO4. The van der Waals surface area contributed by atoms with Gasteiger partial charge in [-0.3, -0.25) is 0 Å². The van der Waals surface area contributed by atoms with E-state index in [0.717, 1.165) is 5.56 Å². The summed E-state index contributed by atoms with van der Waals surface area (Å²) in [4.78, 5) is 11.2. The highest BCUT2D eigenvalue weighted by molar-refractivity contribution is 6.58. The van der Waals surface area contributed by atoms with Crippen molar-refractivity contribution in [3.05, 3.63) is 23.8 Å². The third-order valence-electron chi connectivity index (χ3n) is 2.59. The lowest BCUT2D eigenvalue weighted by Crippen LogP contribution is -2.47. The minimum absolute atomic E-state index is 0.367. The molecule has 0 aliphatic carbocycles. The van der Waals surface area contributed by atoms with Crippen molar-refractivity contribution in [2.75, 3.05) is 0 Å². The van der Waals surface area contributed by atoms with Gasteiger partial charge in [0.1, 0.15) is 5.75 Å². The van der Waals surface area contributed by atoms with Crippen LogP contribution in [0.25, 0.3) is 0 Å². The van der Waals surface area contributed by atoms with E-state index in [0.29, 0.717) is 11.2 Å². The number of hydrogen-bond acceptors (Lipinski definition) is 4. The van der Waals surface area contributed by atoms with Crippen LogP contribution in [0.5, 0.6) is 5.75 Å². The monoisotopic (exact) mass is 221 g/mol. The molecule has 1 aromatic rings. The molecule has 0 saturated carbocycles. The van der Waals surface area contributed by atoms with Crippen LogP contribution in [-0.4, -0.2) is 23.3 Å². The highest BCUT2D eigenvalue weighted by Crippen LogP contribution is 2.32.